The Morgan fingerprint density at radius 2 is 2.06 bits per heavy atom. The van der Waals surface area contributed by atoms with Gasteiger partial charge in [0.1, 0.15) is 0 Å². The molecule has 2 heterocycles. The Kier molecular flexibility index (Phi) is 6.41. The molecular formula is C14H27NO3. The van der Waals surface area contributed by atoms with Gasteiger partial charge in [-0.05, 0) is 44.7 Å². The van der Waals surface area contributed by atoms with Crippen LogP contribution < -0.4 is 0 Å². The first-order valence-electron chi connectivity index (χ1n) is 7.29. The second-order valence-electron chi connectivity index (χ2n) is 5.45. The van der Waals surface area contributed by atoms with Gasteiger partial charge >= 0.3 is 0 Å². The van der Waals surface area contributed by atoms with Crippen molar-refractivity contribution in [1.82, 2.24) is 4.90 Å². The van der Waals surface area contributed by atoms with Crippen LogP contribution in [0.1, 0.15) is 25.7 Å². The zero-order valence-corrected chi connectivity index (χ0v) is 11.6. The molecule has 106 valence electrons. The van der Waals surface area contributed by atoms with Gasteiger partial charge in [0, 0.05) is 20.3 Å². The molecule has 0 radical (unpaired) electrons. The summed E-state index contributed by atoms with van der Waals surface area (Å²) >= 11 is 0. The van der Waals surface area contributed by atoms with Crippen LogP contribution in [0.3, 0.4) is 0 Å². The lowest BCUT2D eigenvalue weighted by Gasteiger charge is -2.35. The fourth-order valence-corrected chi connectivity index (χ4v) is 2.90. The molecule has 0 amide bonds. The van der Waals surface area contributed by atoms with E-state index in [0.717, 1.165) is 38.9 Å². The standard InChI is InChI=1S/C14H27NO3/c1-16-8-2-3-13-4-6-15(7-5-13)11-14-12-17-9-10-18-14/h13-14H,2-12H2,1H3. The molecule has 2 aliphatic rings. The number of likely N-dealkylation sites (tertiary alicyclic amines) is 1. The third kappa shape index (κ3) is 4.84. The summed E-state index contributed by atoms with van der Waals surface area (Å²) in [4.78, 5) is 2.53. The zero-order valence-electron chi connectivity index (χ0n) is 11.6. The van der Waals surface area contributed by atoms with Crippen molar-refractivity contribution in [3.8, 4) is 0 Å². The van der Waals surface area contributed by atoms with E-state index in [1.54, 1.807) is 7.11 Å². The lowest BCUT2D eigenvalue weighted by molar-refractivity contribution is -0.0994. The highest BCUT2D eigenvalue weighted by Gasteiger charge is 2.23. The average Bonchev–Trinajstić information content (AvgIpc) is 2.42. The maximum Gasteiger partial charge on any atom is 0.0936 e. The summed E-state index contributed by atoms with van der Waals surface area (Å²) in [6, 6.07) is 0. The summed E-state index contributed by atoms with van der Waals surface area (Å²) in [5, 5.41) is 0. The molecule has 2 rings (SSSR count). The molecule has 2 aliphatic heterocycles. The molecule has 18 heavy (non-hydrogen) atoms. The first-order chi connectivity index (χ1) is 8.88. The molecule has 4 heteroatoms. The van der Waals surface area contributed by atoms with E-state index >= 15 is 0 Å². The van der Waals surface area contributed by atoms with Crippen molar-refractivity contribution in [2.24, 2.45) is 5.92 Å². The van der Waals surface area contributed by atoms with Gasteiger partial charge in [-0.2, -0.15) is 0 Å². The van der Waals surface area contributed by atoms with E-state index in [9.17, 15) is 0 Å². The predicted octanol–water partition coefficient (Wildman–Crippen LogP) is 1.54. The van der Waals surface area contributed by atoms with Crippen LogP contribution in [0.25, 0.3) is 0 Å². The molecular weight excluding hydrogens is 230 g/mol. The van der Waals surface area contributed by atoms with E-state index in [4.69, 9.17) is 14.2 Å². The lowest BCUT2D eigenvalue weighted by Crippen LogP contribution is -2.43. The summed E-state index contributed by atoms with van der Waals surface area (Å²) in [6.07, 6.45) is 5.49. The zero-order chi connectivity index (χ0) is 12.6. The van der Waals surface area contributed by atoms with Crippen LogP contribution in [0, 0.1) is 5.92 Å². The van der Waals surface area contributed by atoms with Crippen LogP contribution in [0.4, 0.5) is 0 Å². The predicted molar refractivity (Wildman–Crippen MR) is 70.8 cm³/mol. The topological polar surface area (TPSA) is 30.9 Å². The molecule has 0 aliphatic carbocycles. The Bertz CT molecular complexity index is 211. The van der Waals surface area contributed by atoms with E-state index in [0.29, 0.717) is 6.10 Å². The summed E-state index contributed by atoms with van der Waals surface area (Å²) in [5.74, 6) is 0.903. The molecule has 0 spiro atoms. The van der Waals surface area contributed by atoms with Gasteiger partial charge in [0.05, 0.1) is 25.9 Å². The molecule has 0 saturated carbocycles. The maximum absolute atomic E-state index is 5.70. The van der Waals surface area contributed by atoms with Crippen LogP contribution in [0.2, 0.25) is 0 Å². The molecule has 0 aromatic heterocycles. The molecule has 2 fully saturated rings. The van der Waals surface area contributed by atoms with Gasteiger partial charge in [-0.3, -0.25) is 0 Å². The summed E-state index contributed by atoms with van der Waals surface area (Å²) in [6.45, 7) is 6.69. The minimum Gasteiger partial charge on any atom is -0.385 e. The van der Waals surface area contributed by atoms with Crippen molar-refractivity contribution in [2.45, 2.75) is 31.8 Å². The highest BCUT2D eigenvalue weighted by Crippen LogP contribution is 2.22. The van der Waals surface area contributed by atoms with Crippen LogP contribution in [-0.4, -0.2) is 64.2 Å². The number of hydrogen-bond donors (Lipinski definition) is 0. The highest BCUT2D eigenvalue weighted by atomic mass is 16.6. The van der Waals surface area contributed by atoms with Gasteiger partial charge in [-0.25, -0.2) is 0 Å². The van der Waals surface area contributed by atoms with Gasteiger partial charge in [0.15, 0.2) is 0 Å². The minimum atomic E-state index is 0.295. The average molecular weight is 257 g/mol. The Morgan fingerprint density at radius 3 is 2.72 bits per heavy atom. The van der Waals surface area contributed by atoms with E-state index < -0.39 is 0 Å². The van der Waals surface area contributed by atoms with Crippen LogP contribution in [0.15, 0.2) is 0 Å². The number of ether oxygens (including phenoxy) is 3. The first-order valence-corrected chi connectivity index (χ1v) is 7.29. The summed E-state index contributed by atoms with van der Waals surface area (Å²) in [5.41, 5.74) is 0. The largest absolute Gasteiger partial charge is 0.385 e. The Morgan fingerprint density at radius 1 is 1.22 bits per heavy atom. The van der Waals surface area contributed by atoms with E-state index in [2.05, 4.69) is 4.90 Å². The molecule has 0 N–H and O–H groups in total. The number of rotatable bonds is 6. The summed E-state index contributed by atoms with van der Waals surface area (Å²) in [7, 11) is 1.79. The normalized spacial score (nSPS) is 27.5. The fourth-order valence-electron chi connectivity index (χ4n) is 2.90. The van der Waals surface area contributed by atoms with Gasteiger partial charge in [0.2, 0.25) is 0 Å². The van der Waals surface area contributed by atoms with E-state index in [1.807, 2.05) is 0 Å². The molecule has 4 nitrogen and oxygen atoms in total. The number of hydrogen-bond acceptors (Lipinski definition) is 4. The van der Waals surface area contributed by atoms with Crippen molar-refractivity contribution >= 4 is 0 Å². The first kappa shape index (κ1) is 14.3. The SMILES string of the molecule is COCCCC1CCN(CC2COCCO2)CC1. The minimum absolute atomic E-state index is 0.295. The summed E-state index contributed by atoms with van der Waals surface area (Å²) < 4.78 is 16.3. The molecule has 0 aromatic carbocycles. The number of nitrogens with zero attached hydrogens (tertiary/aromatic N) is 1. The number of methoxy groups -OCH3 is 1. The molecule has 2 saturated heterocycles. The second-order valence-corrected chi connectivity index (χ2v) is 5.45. The van der Waals surface area contributed by atoms with Crippen molar-refractivity contribution in [2.75, 3.05) is 53.2 Å². The quantitative estimate of drug-likeness (QED) is 0.675. The van der Waals surface area contributed by atoms with Crippen molar-refractivity contribution in [1.29, 1.82) is 0 Å². The van der Waals surface area contributed by atoms with E-state index in [-0.39, 0.29) is 0 Å². The van der Waals surface area contributed by atoms with Gasteiger partial charge < -0.3 is 19.1 Å². The van der Waals surface area contributed by atoms with Crippen molar-refractivity contribution < 1.29 is 14.2 Å². The van der Waals surface area contributed by atoms with Gasteiger partial charge in [-0.1, -0.05) is 0 Å². The molecule has 1 unspecified atom stereocenters. The smallest absolute Gasteiger partial charge is 0.0936 e. The van der Waals surface area contributed by atoms with Gasteiger partial charge in [0.25, 0.3) is 0 Å². The highest BCUT2D eigenvalue weighted by molar-refractivity contribution is 4.75. The molecule has 0 aromatic rings. The van der Waals surface area contributed by atoms with Crippen LogP contribution in [-0.2, 0) is 14.2 Å². The van der Waals surface area contributed by atoms with E-state index in [1.165, 1.54) is 38.8 Å². The Hall–Kier alpha value is -0.160. The second kappa shape index (κ2) is 8.10. The van der Waals surface area contributed by atoms with Crippen LogP contribution in [0.5, 0.6) is 0 Å². The third-order valence-corrected chi connectivity index (χ3v) is 4.01. The third-order valence-electron chi connectivity index (χ3n) is 4.01. The number of piperidine rings is 1. The van der Waals surface area contributed by atoms with Gasteiger partial charge in [-0.15, -0.1) is 0 Å². The molecule has 0 bridgehead atoms. The van der Waals surface area contributed by atoms with Crippen molar-refractivity contribution in [3.05, 3.63) is 0 Å². The lowest BCUT2D eigenvalue weighted by atomic mass is 9.92. The molecule has 1 atom stereocenters. The maximum atomic E-state index is 5.70. The van der Waals surface area contributed by atoms with Crippen LogP contribution >= 0.6 is 0 Å². The fraction of sp³-hybridized carbons (Fsp3) is 1.00. The van der Waals surface area contributed by atoms with Crippen molar-refractivity contribution in [3.63, 3.8) is 0 Å². The Labute approximate surface area is 111 Å². The monoisotopic (exact) mass is 257 g/mol. The Balaban J connectivity index is 1.57.